The molecule has 0 spiro atoms. The lowest BCUT2D eigenvalue weighted by atomic mass is 10.0. The van der Waals surface area contributed by atoms with Crippen molar-refractivity contribution in [3.63, 3.8) is 0 Å². The molecule has 0 bridgehead atoms. The number of nitrogens with two attached hydrogens (primary N) is 2. The molecule has 5 N–H and O–H groups in total. The van der Waals surface area contributed by atoms with Gasteiger partial charge in [0, 0.05) is 17.4 Å². The number of nitrogens with one attached hydrogen (secondary N) is 1. The summed E-state index contributed by atoms with van der Waals surface area (Å²) in [5.41, 5.74) is 13.7. The summed E-state index contributed by atoms with van der Waals surface area (Å²) in [5, 5.41) is 3.16. The fourth-order valence-corrected chi connectivity index (χ4v) is 2.09. The van der Waals surface area contributed by atoms with Crippen molar-refractivity contribution in [1.82, 2.24) is 0 Å². The minimum Gasteiger partial charge on any atom is -0.399 e. The Hall–Kier alpha value is -2.56. The predicted octanol–water partition coefficient (Wildman–Crippen LogP) is 2.99. The van der Waals surface area contributed by atoms with Gasteiger partial charge in [-0.25, -0.2) is 4.39 Å². The lowest BCUT2D eigenvalue weighted by molar-refractivity contribution is 0.100. The van der Waals surface area contributed by atoms with Crippen LogP contribution in [0.25, 0.3) is 0 Å². The number of nitrogen functional groups attached to an aromatic ring is 1. The Labute approximate surface area is 123 Å². The summed E-state index contributed by atoms with van der Waals surface area (Å²) in [6, 6.07) is 9.76. The number of primary amides is 1. The summed E-state index contributed by atoms with van der Waals surface area (Å²) in [6.45, 7) is 3.59. The highest BCUT2D eigenvalue weighted by Gasteiger charge is 2.13. The number of rotatable bonds is 4. The number of aryl methyl sites for hydroxylation is 1. The van der Waals surface area contributed by atoms with Crippen LogP contribution in [0.3, 0.4) is 0 Å². The van der Waals surface area contributed by atoms with Gasteiger partial charge in [0.1, 0.15) is 5.82 Å². The van der Waals surface area contributed by atoms with E-state index in [1.807, 2.05) is 13.0 Å². The maximum atomic E-state index is 13.6. The average molecular weight is 287 g/mol. The van der Waals surface area contributed by atoms with E-state index in [4.69, 9.17) is 11.5 Å². The van der Waals surface area contributed by atoms with Crippen LogP contribution >= 0.6 is 0 Å². The molecule has 1 atom stereocenters. The van der Waals surface area contributed by atoms with Crippen molar-refractivity contribution in [1.29, 1.82) is 0 Å². The quantitative estimate of drug-likeness (QED) is 0.756. The third-order valence-electron chi connectivity index (χ3n) is 3.38. The van der Waals surface area contributed by atoms with E-state index in [1.54, 1.807) is 25.1 Å². The highest BCUT2D eigenvalue weighted by atomic mass is 19.1. The maximum absolute atomic E-state index is 13.6. The molecule has 4 nitrogen and oxygen atoms in total. The van der Waals surface area contributed by atoms with Crippen molar-refractivity contribution in [2.75, 3.05) is 11.1 Å². The van der Waals surface area contributed by atoms with E-state index in [0.29, 0.717) is 22.5 Å². The van der Waals surface area contributed by atoms with Gasteiger partial charge in [-0.05, 0) is 49.2 Å². The highest BCUT2D eigenvalue weighted by Crippen LogP contribution is 2.25. The van der Waals surface area contributed by atoms with E-state index < -0.39 is 5.91 Å². The van der Waals surface area contributed by atoms with Gasteiger partial charge in [-0.15, -0.1) is 0 Å². The molecule has 0 radical (unpaired) electrons. The molecule has 0 aliphatic heterocycles. The van der Waals surface area contributed by atoms with Crippen molar-refractivity contribution in [3.8, 4) is 0 Å². The second-order valence-corrected chi connectivity index (χ2v) is 5.04. The number of carbonyl (C=O) groups excluding carboxylic acids is 1. The van der Waals surface area contributed by atoms with Gasteiger partial charge in [0.05, 0.1) is 5.56 Å². The van der Waals surface area contributed by atoms with E-state index in [9.17, 15) is 9.18 Å². The number of hydrogen-bond donors (Lipinski definition) is 3. The fraction of sp³-hybridized carbons (Fsp3) is 0.188. The summed E-state index contributed by atoms with van der Waals surface area (Å²) < 4.78 is 13.6. The average Bonchev–Trinajstić information content (AvgIpc) is 2.43. The Morgan fingerprint density at radius 1 is 1.24 bits per heavy atom. The summed E-state index contributed by atoms with van der Waals surface area (Å²) in [7, 11) is 0. The largest absolute Gasteiger partial charge is 0.399 e. The van der Waals surface area contributed by atoms with Crippen molar-refractivity contribution >= 4 is 17.3 Å². The molecule has 0 aromatic heterocycles. The van der Waals surface area contributed by atoms with Crippen LogP contribution in [0.1, 0.15) is 34.5 Å². The zero-order chi connectivity index (χ0) is 15.6. The summed E-state index contributed by atoms with van der Waals surface area (Å²) in [6.07, 6.45) is 0. The van der Waals surface area contributed by atoms with Crippen LogP contribution in [0.5, 0.6) is 0 Å². The maximum Gasteiger partial charge on any atom is 0.250 e. The number of benzene rings is 2. The second kappa shape index (κ2) is 5.83. The first-order chi connectivity index (χ1) is 9.88. The number of halogens is 1. The van der Waals surface area contributed by atoms with Gasteiger partial charge in [0.25, 0.3) is 5.91 Å². The van der Waals surface area contributed by atoms with Crippen LogP contribution in [-0.4, -0.2) is 5.91 Å². The van der Waals surface area contributed by atoms with Crippen LogP contribution in [0.15, 0.2) is 36.4 Å². The van der Waals surface area contributed by atoms with Gasteiger partial charge in [-0.1, -0.05) is 12.1 Å². The molecule has 0 aliphatic rings. The van der Waals surface area contributed by atoms with E-state index >= 15 is 0 Å². The molecule has 1 amide bonds. The molecule has 0 fully saturated rings. The molecule has 21 heavy (non-hydrogen) atoms. The van der Waals surface area contributed by atoms with Crippen molar-refractivity contribution < 1.29 is 9.18 Å². The zero-order valence-corrected chi connectivity index (χ0v) is 12.0. The number of amides is 1. The summed E-state index contributed by atoms with van der Waals surface area (Å²) in [5.74, 6) is -0.819. The van der Waals surface area contributed by atoms with Gasteiger partial charge in [0.2, 0.25) is 0 Å². The van der Waals surface area contributed by atoms with Crippen LogP contribution in [0, 0.1) is 12.7 Å². The van der Waals surface area contributed by atoms with E-state index in [1.165, 1.54) is 12.1 Å². The van der Waals surface area contributed by atoms with Crippen LogP contribution in [-0.2, 0) is 0 Å². The van der Waals surface area contributed by atoms with Gasteiger partial charge >= 0.3 is 0 Å². The van der Waals surface area contributed by atoms with Gasteiger partial charge in [0.15, 0.2) is 0 Å². The van der Waals surface area contributed by atoms with E-state index in [2.05, 4.69) is 5.32 Å². The molecule has 1 unspecified atom stereocenters. The van der Waals surface area contributed by atoms with Gasteiger partial charge < -0.3 is 16.8 Å². The van der Waals surface area contributed by atoms with Gasteiger partial charge in [-0.3, -0.25) is 4.79 Å². The predicted molar refractivity (Wildman–Crippen MR) is 82.5 cm³/mol. The number of hydrogen-bond acceptors (Lipinski definition) is 3. The molecule has 0 saturated carbocycles. The van der Waals surface area contributed by atoms with Crippen LogP contribution in [0.2, 0.25) is 0 Å². The molecule has 2 aromatic rings. The minimum atomic E-state index is -0.563. The summed E-state index contributed by atoms with van der Waals surface area (Å²) in [4.78, 5) is 11.5. The second-order valence-electron chi connectivity index (χ2n) is 5.04. The van der Waals surface area contributed by atoms with Gasteiger partial charge in [-0.2, -0.15) is 0 Å². The first kappa shape index (κ1) is 14.8. The molecule has 2 rings (SSSR count). The van der Waals surface area contributed by atoms with Crippen LogP contribution in [0.4, 0.5) is 15.8 Å². The Kier molecular flexibility index (Phi) is 4.12. The zero-order valence-electron chi connectivity index (χ0n) is 12.0. The third kappa shape index (κ3) is 3.31. The number of anilines is 2. The molecule has 0 saturated heterocycles. The number of carbonyl (C=O) groups is 1. The van der Waals surface area contributed by atoms with E-state index in [0.717, 1.165) is 5.56 Å². The van der Waals surface area contributed by atoms with Crippen molar-refractivity contribution in [3.05, 3.63) is 58.9 Å². The minimum absolute atomic E-state index is 0.179. The van der Waals surface area contributed by atoms with Crippen molar-refractivity contribution in [2.24, 2.45) is 5.73 Å². The molecule has 110 valence electrons. The Balaban J connectivity index is 2.29. The SMILES string of the molecule is Cc1ccc(C(C)Nc2ccc(N)cc2C(N)=O)cc1F. The fourth-order valence-electron chi connectivity index (χ4n) is 2.09. The molecule has 0 heterocycles. The lowest BCUT2D eigenvalue weighted by Gasteiger charge is -2.18. The molecular weight excluding hydrogens is 269 g/mol. The normalized spacial score (nSPS) is 12.0. The third-order valence-corrected chi connectivity index (χ3v) is 3.38. The first-order valence-electron chi connectivity index (χ1n) is 6.60. The smallest absolute Gasteiger partial charge is 0.250 e. The Morgan fingerprint density at radius 2 is 1.95 bits per heavy atom. The summed E-state index contributed by atoms with van der Waals surface area (Å²) >= 11 is 0. The monoisotopic (exact) mass is 287 g/mol. The molecule has 0 aliphatic carbocycles. The Bertz CT molecular complexity index is 685. The molecule has 2 aromatic carbocycles. The highest BCUT2D eigenvalue weighted by molar-refractivity contribution is 5.99. The van der Waals surface area contributed by atoms with E-state index in [-0.39, 0.29) is 11.9 Å². The van der Waals surface area contributed by atoms with Crippen molar-refractivity contribution in [2.45, 2.75) is 19.9 Å². The Morgan fingerprint density at radius 3 is 2.57 bits per heavy atom. The lowest BCUT2D eigenvalue weighted by Crippen LogP contribution is -2.16. The first-order valence-corrected chi connectivity index (χ1v) is 6.60. The van der Waals surface area contributed by atoms with Crippen LogP contribution < -0.4 is 16.8 Å². The topological polar surface area (TPSA) is 81.1 Å². The molecule has 5 heteroatoms. The standard InChI is InChI=1S/C16H18FN3O/c1-9-3-4-11(7-14(9)17)10(2)20-15-6-5-12(18)8-13(15)16(19)21/h3-8,10,20H,18H2,1-2H3,(H2,19,21). The molecular formula is C16H18FN3O.